The van der Waals surface area contributed by atoms with Crippen molar-refractivity contribution in [1.82, 2.24) is 9.88 Å². The zero-order valence-corrected chi connectivity index (χ0v) is 13.8. The fourth-order valence-electron chi connectivity index (χ4n) is 2.22. The van der Waals surface area contributed by atoms with E-state index in [9.17, 15) is 9.59 Å². The Morgan fingerprint density at radius 3 is 2.83 bits per heavy atom. The molecule has 1 unspecified atom stereocenters. The minimum atomic E-state index is -0.520. The van der Waals surface area contributed by atoms with Gasteiger partial charge in [0.2, 0.25) is 5.13 Å². The number of likely N-dealkylation sites (tertiary alicyclic amines) is 1. The highest BCUT2D eigenvalue weighted by Gasteiger charge is 2.28. The first-order valence-electron chi connectivity index (χ1n) is 7.07. The SMILES string of the molecule is CC(=O)OOC1CCCN(C(=O)c2sc(N=C(N)N)nc2C)C1. The van der Waals surface area contributed by atoms with Gasteiger partial charge < -0.3 is 16.4 Å². The van der Waals surface area contributed by atoms with Crippen LogP contribution in [0.25, 0.3) is 0 Å². The van der Waals surface area contributed by atoms with Gasteiger partial charge in [-0.3, -0.25) is 9.68 Å². The van der Waals surface area contributed by atoms with Crippen LogP contribution in [0.1, 0.15) is 35.1 Å². The number of hydrogen-bond donors (Lipinski definition) is 2. The van der Waals surface area contributed by atoms with Crippen LogP contribution < -0.4 is 11.5 Å². The van der Waals surface area contributed by atoms with E-state index in [1.807, 2.05) is 0 Å². The maximum Gasteiger partial charge on any atom is 0.339 e. The molecule has 1 aromatic heterocycles. The van der Waals surface area contributed by atoms with Crippen molar-refractivity contribution in [3.8, 4) is 0 Å². The summed E-state index contributed by atoms with van der Waals surface area (Å²) in [6.07, 6.45) is 1.15. The van der Waals surface area contributed by atoms with E-state index in [2.05, 4.69) is 14.9 Å². The fourth-order valence-corrected chi connectivity index (χ4v) is 3.15. The molecule has 1 aliphatic heterocycles. The lowest BCUT2D eigenvalue weighted by atomic mass is 10.1. The third-order valence-electron chi connectivity index (χ3n) is 3.17. The molecule has 1 saturated heterocycles. The summed E-state index contributed by atoms with van der Waals surface area (Å²) in [6.45, 7) is 3.94. The first-order chi connectivity index (χ1) is 10.9. The number of carbonyl (C=O) groups is 2. The minimum absolute atomic E-state index is 0.106. The zero-order chi connectivity index (χ0) is 17.0. The summed E-state index contributed by atoms with van der Waals surface area (Å²) in [5.74, 6) is -0.785. The summed E-state index contributed by atoms with van der Waals surface area (Å²) in [5, 5.41) is 0.343. The maximum absolute atomic E-state index is 12.6. The summed E-state index contributed by atoms with van der Waals surface area (Å²) in [7, 11) is 0. The molecule has 0 aliphatic carbocycles. The zero-order valence-electron chi connectivity index (χ0n) is 12.9. The molecule has 2 rings (SSSR count). The van der Waals surface area contributed by atoms with Gasteiger partial charge in [-0.15, -0.1) is 0 Å². The van der Waals surface area contributed by atoms with Gasteiger partial charge in [-0.05, 0) is 19.8 Å². The Labute approximate surface area is 137 Å². The number of rotatable bonds is 4. The van der Waals surface area contributed by atoms with Crippen LogP contribution in [-0.4, -0.2) is 46.9 Å². The monoisotopic (exact) mass is 341 g/mol. The van der Waals surface area contributed by atoms with Crippen molar-refractivity contribution in [2.45, 2.75) is 32.8 Å². The van der Waals surface area contributed by atoms with E-state index in [4.69, 9.17) is 16.4 Å². The van der Waals surface area contributed by atoms with Gasteiger partial charge in [0.05, 0.1) is 12.2 Å². The molecule has 23 heavy (non-hydrogen) atoms. The lowest BCUT2D eigenvalue weighted by molar-refractivity contribution is -0.300. The number of aliphatic imine (C=N–C) groups is 1. The number of hydrogen-bond acceptors (Lipinski definition) is 7. The third kappa shape index (κ3) is 4.63. The molecule has 4 N–H and O–H groups in total. The van der Waals surface area contributed by atoms with Crippen molar-refractivity contribution in [2.24, 2.45) is 16.5 Å². The molecule has 1 aliphatic rings. The number of nitrogens with zero attached hydrogens (tertiary/aromatic N) is 3. The number of aromatic nitrogens is 1. The molecule has 0 saturated carbocycles. The minimum Gasteiger partial charge on any atom is -0.370 e. The first kappa shape index (κ1) is 17.2. The van der Waals surface area contributed by atoms with Gasteiger partial charge in [0.25, 0.3) is 5.91 Å². The van der Waals surface area contributed by atoms with Gasteiger partial charge in [-0.1, -0.05) is 11.3 Å². The summed E-state index contributed by atoms with van der Waals surface area (Å²) in [4.78, 5) is 43.2. The van der Waals surface area contributed by atoms with E-state index in [1.54, 1.807) is 11.8 Å². The number of aryl methyl sites for hydroxylation is 1. The largest absolute Gasteiger partial charge is 0.370 e. The highest BCUT2D eigenvalue weighted by molar-refractivity contribution is 7.17. The number of amides is 1. The molecule has 1 aromatic rings. The lowest BCUT2D eigenvalue weighted by Gasteiger charge is -2.31. The summed E-state index contributed by atoms with van der Waals surface area (Å²) in [6, 6.07) is 0. The van der Waals surface area contributed by atoms with Crippen molar-refractivity contribution >= 4 is 34.3 Å². The maximum atomic E-state index is 12.6. The van der Waals surface area contributed by atoms with Crippen LogP contribution in [0.4, 0.5) is 5.13 Å². The molecule has 10 heteroatoms. The number of thiazole rings is 1. The topological polar surface area (TPSA) is 133 Å². The third-order valence-corrected chi connectivity index (χ3v) is 4.21. The highest BCUT2D eigenvalue weighted by atomic mass is 32.1. The molecular formula is C13H19N5O4S. The Kier molecular flexibility index (Phi) is 5.50. The number of piperidine rings is 1. The average molecular weight is 341 g/mol. The second-order valence-corrected chi connectivity index (χ2v) is 6.11. The van der Waals surface area contributed by atoms with E-state index in [-0.39, 0.29) is 18.0 Å². The first-order valence-corrected chi connectivity index (χ1v) is 7.88. The Balaban J connectivity index is 2.06. The Morgan fingerprint density at radius 2 is 2.17 bits per heavy atom. The molecule has 1 amide bonds. The molecule has 2 heterocycles. The second-order valence-electron chi connectivity index (χ2n) is 5.13. The molecule has 0 radical (unpaired) electrons. The lowest BCUT2D eigenvalue weighted by Crippen LogP contribution is -2.43. The van der Waals surface area contributed by atoms with Gasteiger partial charge >= 0.3 is 5.97 Å². The van der Waals surface area contributed by atoms with Crippen LogP contribution in [0.2, 0.25) is 0 Å². The van der Waals surface area contributed by atoms with E-state index >= 15 is 0 Å². The Bertz CT molecular complexity index is 626. The van der Waals surface area contributed by atoms with Gasteiger partial charge in [0.15, 0.2) is 5.96 Å². The van der Waals surface area contributed by atoms with Crippen molar-refractivity contribution in [1.29, 1.82) is 0 Å². The number of nitrogens with two attached hydrogens (primary N) is 2. The highest BCUT2D eigenvalue weighted by Crippen LogP contribution is 2.27. The van der Waals surface area contributed by atoms with Crippen LogP contribution in [0, 0.1) is 6.92 Å². The molecule has 0 bridgehead atoms. The van der Waals surface area contributed by atoms with E-state index in [1.165, 1.54) is 6.92 Å². The summed E-state index contributed by atoms with van der Waals surface area (Å²) in [5.41, 5.74) is 11.2. The molecule has 1 fully saturated rings. The van der Waals surface area contributed by atoms with E-state index in [0.29, 0.717) is 28.8 Å². The van der Waals surface area contributed by atoms with Gasteiger partial charge in [0, 0.05) is 13.5 Å². The quantitative estimate of drug-likeness (QED) is 0.351. The standard InChI is InChI=1S/C13H19N5O4S/c1-7-10(23-13(16-7)17-12(14)15)11(20)18-5-3-4-9(6-18)22-21-8(2)19/h9H,3-6H2,1-2H3,(H4,14,15,16,17). The molecule has 9 nitrogen and oxygen atoms in total. The van der Waals surface area contributed by atoms with Crippen LogP contribution in [0.3, 0.4) is 0 Å². The normalized spacial score (nSPS) is 17.7. The van der Waals surface area contributed by atoms with Crippen molar-refractivity contribution < 1.29 is 19.4 Å². The molecule has 126 valence electrons. The smallest absolute Gasteiger partial charge is 0.339 e. The van der Waals surface area contributed by atoms with Crippen molar-refractivity contribution in [3.63, 3.8) is 0 Å². The van der Waals surface area contributed by atoms with E-state index < -0.39 is 5.97 Å². The average Bonchev–Trinajstić information content (AvgIpc) is 2.84. The molecular weight excluding hydrogens is 322 g/mol. The summed E-state index contributed by atoms with van der Waals surface area (Å²) < 4.78 is 0. The van der Waals surface area contributed by atoms with Gasteiger partial charge in [-0.25, -0.2) is 9.78 Å². The van der Waals surface area contributed by atoms with Crippen molar-refractivity contribution in [2.75, 3.05) is 13.1 Å². The van der Waals surface area contributed by atoms with Crippen molar-refractivity contribution in [3.05, 3.63) is 10.6 Å². The van der Waals surface area contributed by atoms with E-state index in [0.717, 1.165) is 24.2 Å². The Hall–Kier alpha value is -2.20. The van der Waals surface area contributed by atoms with Crippen LogP contribution >= 0.6 is 11.3 Å². The van der Waals surface area contributed by atoms with Crippen LogP contribution in [0.5, 0.6) is 0 Å². The number of guanidine groups is 1. The molecule has 0 spiro atoms. The predicted octanol–water partition coefficient (Wildman–Crippen LogP) is 0.456. The van der Waals surface area contributed by atoms with Crippen LogP contribution in [-0.2, 0) is 14.6 Å². The summed E-state index contributed by atoms with van der Waals surface area (Å²) >= 11 is 1.13. The Morgan fingerprint density at radius 1 is 1.43 bits per heavy atom. The van der Waals surface area contributed by atoms with Crippen LogP contribution in [0.15, 0.2) is 4.99 Å². The predicted molar refractivity (Wildman–Crippen MR) is 84.1 cm³/mol. The second kappa shape index (κ2) is 7.38. The molecule has 1 atom stereocenters. The van der Waals surface area contributed by atoms with Gasteiger partial charge in [-0.2, -0.15) is 9.88 Å². The fraction of sp³-hybridized carbons (Fsp3) is 0.538. The molecule has 0 aromatic carbocycles. The van der Waals surface area contributed by atoms with Gasteiger partial charge in [0.1, 0.15) is 11.0 Å². The number of carbonyl (C=O) groups excluding carboxylic acids is 2.